The molecule has 0 bridgehead atoms. The fourth-order valence-corrected chi connectivity index (χ4v) is 1.92. The maximum Gasteiger partial charge on any atom is 0.276 e. The lowest BCUT2D eigenvalue weighted by molar-refractivity contribution is -0.384. The molecule has 1 saturated heterocycles. The van der Waals surface area contributed by atoms with Crippen LogP contribution >= 0.6 is 0 Å². The number of carbonyl (C=O) groups excluding carboxylic acids is 1. The van der Waals surface area contributed by atoms with Gasteiger partial charge in [0.2, 0.25) is 5.91 Å². The number of amides is 1. The quantitative estimate of drug-likeness (QED) is 0.386. The van der Waals surface area contributed by atoms with Crippen molar-refractivity contribution in [3.05, 3.63) is 22.2 Å². The highest BCUT2D eigenvalue weighted by Gasteiger charge is 2.27. The first kappa shape index (κ1) is 13.0. The SMILES string of the molecule is CC1C(=O)NCCN1c1cc([N+](=O)[O-])cc(NN)n1. The van der Waals surface area contributed by atoms with Gasteiger partial charge < -0.3 is 15.6 Å². The third-order valence-electron chi connectivity index (χ3n) is 2.95. The number of aromatic nitrogens is 1. The minimum absolute atomic E-state index is 0.129. The minimum atomic E-state index is -0.527. The third-order valence-corrected chi connectivity index (χ3v) is 2.95. The molecular formula is C10H14N6O3. The zero-order valence-electron chi connectivity index (χ0n) is 10.3. The van der Waals surface area contributed by atoms with Crippen LogP contribution in [0.3, 0.4) is 0 Å². The van der Waals surface area contributed by atoms with Gasteiger partial charge in [0.05, 0.1) is 17.1 Å². The lowest BCUT2D eigenvalue weighted by atomic mass is 10.2. The lowest BCUT2D eigenvalue weighted by Crippen LogP contribution is -2.54. The summed E-state index contributed by atoms with van der Waals surface area (Å²) in [6.45, 7) is 2.72. The lowest BCUT2D eigenvalue weighted by Gasteiger charge is -2.33. The van der Waals surface area contributed by atoms with Crippen LogP contribution in [-0.4, -0.2) is 34.9 Å². The average Bonchev–Trinajstić information content (AvgIpc) is 2.41. The summed E-state index contributed by atoms with van der Waals surface area (Å²) in [4.78, 5) is 27.8. The fraction of sp³-hybridized carbons (Fsp3) is 0.400. The summed E-state index contributed by atoms with van der Waals surface area (Å²) < 4.78 is 0. The van der Waals surface area contributed by atoms with Gasteiger partial charge in [-0.3, -0.25) is 14.9 Å². The van der Waals surface area contributed by atoms with Crippen LogP contribution in [-0.2, 0) is 4.79 Å². The molecule has 2 rings (SSSR count). The van der Waals surface area contributed by atoms with Crippen molar-refractivity contribution >= 4 is 23.2 Å². The van der Waals surface area contributed by atoms with Gasteiger partial charge in [-0.1, -0.05) is 0 Å². The van der Waals surface area contributed by atoms with Crippen molar-refractivity contribution in [2.75, 3.05) is 23.4 Å². The number of nitrogens with zero attached hydrogens (tertiary/aromatic N) is 3. The van der Waals surface area contributed by atoms with Gasteiger partial charge in [0, 0.05) is 13.1 Å². The number of rotatable bonds is 3. The average molecular weight is 266 g/mol. The number of nitro groups is 1. The molecule has 1 atom stereocenters. The summed E-state index contributed by atoms with van der Waals surface area (Å²) >= 11 is 0. The Morgan fingerprint density at radius 2 is 2.37 bits per heavy atom. The molecule has 0 radical (unpaired) electrons. The van der Waals surface area contributed by atoms with Crippen LogP contribution in [0.4, 0.5) is 17.3 Å². The normalized spacial score (nSPS) is 18.9. The van der Waals surface area contributed by atoms with Crippen molar-refractivity contribution in [1.82, 2.24) is 10.3 Å². The minimum Gasteiger partial charge on any atom is -0.353 e. The van der Waals surface area contributed by atoms with Gasteiger partial charge >= 0.3 is 0 Å². The first-order chi connectivity index (χ1) is 9.02. The van der Waals surface area contributed by atoms with Gasteiger partial charge in [-0.25, -0.2) is 10.8 Å². The van der Waals surface area contributed by atoms with Crippen LogP contribution in [0.5, 0.6) is 0 Å². The number of pyridine rings is 1. The number of carbonyl (C=O) groups is 1. The molecule has 1 aliphatic heterocycles. The molecule has 0 saturated carbocycles. The molecule has 9 nitrogen and oxygen atoms in total. The predicted molar refractivity (Wildman–Crippen MR) is 68.5 cm³/mol. The Balaban J connectivity index is 2.40. The Kier molecular flexibility index (Phi) is 3.47. The molecule has 1 aliphatic rings. The molecule has 1 fully saturated rings. The molecule has 102 valence electrons. The Hall–Kier alpha value is -2.42. The number of hydrogen-bond donors (Lipinski definition) is 3. The number of piperazine rings is 1. The predicted octanol–water partition coefficient (Wildman–Crippen LogP) is -0.400. The van der Waals surface area contributed by atoms with Gasteiger partial charge in [0.25, 0.3) is 5.69 Å². The second-order valence-corrected chi connectivity index (χ2v) is 4.13. The van der Waals surface area contributed by atoms with E-state index >= 15 is 0 Å². The van der Waals surface area contributed by atoms with Crippen LogP contribution in [0.1, 0.15) is 6.92 Å². The van der Waals surface area contributed by atoms with E-state index in [1.807, 2.05) is 0 Å². The number of hydrogen-bond acceptors (Lipinski definition) is 7. The molecule has 0 aromatic carbocycles. The second-order valence-electron chi connectivity index (χ2n) is 4.13. The molecule has 0 aliphatic carbocycles. The number of hydrazine groups is 1. The van der Waals surface area contributed by atoms with Crippen LogP contribution < -0.4 is 21.5 Å². The maximum atomic E-state index is 11.6. The van der Waals surface area contributed by atoms with E-state index in [1.165, 1.54) is 12.1 Å². The maximum absolute atomic E-state index is 11.6. The van der Waals surface area contributed by atoms with E-state index in [4.69, 9.17) is 5.84 Å². The van der Waals surface area contributed by atoms with E-state index in [9.17, 15) is 14.9 Å². The standard InChI is InChI=1S/C10H14N6O3/c1-6-10(17)12-2-3-15(6)9-5-7(16(18)19)4-8(13-9)14-11/h4-6H,2-3,11H2,1H3,(H,12,17)(H,13,14). The van der Waals surface area contributed by atoms with Crippen LogP contribution in [0.2, 0.25) is 0 Å². The monoisotopic (exact) mass is 266 g/mol. The van der Waals surface area contributed by atoms with E-state index in [0.29, 0.717) is 18.9 Å². The van der Waals surface area contributed by atoms with Gasteiger partial charge in [-0.05, 0) is 6.92 Å². The highest BCUT2D eigenvalue weighted by molar-refractivity contribution is 5.86. The Morgan fingerprint density at radius 1 is 1.63 bits per heavy atom. The van der Waals surface area contributed by atoms with Crippen LogP contribution in [0.15, 0.2) is 12.1 Å². The molecule has 1 aromatic rings. The largest absolute Gasteiger partial charge is 0.353 e. The Labute approximate surface area is 108 Å². The van der Waals surface area contributed by atoms with Crippen molar-refractivity contribution in [3.8, 4) is 0 Å². The summed E-state index contributed by atoms with van der Waals surface area (Å²) in [6.07, 6.45) is 0. The van der Waals surface area contributed by atoms with Crippen LogP contribution in [0.25, 0.3) is 0 Å². The molecule has 19 heavy (non-hydrogen) atoms. The number of nitrogen functional groups attached to an aromatic ring is 1. The van der Waals surface area contributed by atoms with E-state index in [-0.39, 0.29) is 17.4 Å². The first-order valence-electron chi connectivity index (χ1n) is 5.70. The van der Waals surface area contributed by atoms with Gasteiger partial charge in [0.1, 0.15) is 17.7 Å². The van der Waals surface area contributed by atoms with E-state index in [0.717, 1.165) is 0 Å². The number of anilines is 2. The smallest absolute Gasteiger partial charge is 0.276 e. The second kappa shape index (κ2) is 5.06. The highest BCUT2D eigenvalue weighted by Crippen LogP contribution is 2.24. The van der Waals surface area contributed by atoms with E-state index in [1.54, 1.807) is 11.8 Å². The van der Waals surface area contributed by atoms with Gasteiger partial charge in [-0.15, -0.1) is 0 Å². The molecule has 1 aromatic heterocycles. The zero-order valence-corrected chi connectivity index (χ0v) is 10.3. The third kappa shape index (κ3) is 2.55. The summed E-state index contributed by atoms with van der Waals surface area (Å²) in [7, 11) is 0. The van der Waals surface area contributed by atoms with Gasteiger partial charge in [-0.2, -0.15) is 0 Å². The summed E-state index contributed by atoms with van der Waals surface area (Å²) in [6, 6.07) is 2.13. The molecule has 1 amide bonds. The number of nitrogens with two attached hydrogens (primary N) is 1. The first-order valence-corrected chi connectivity index (χ1v) is 5.70. The van der Waals surface area contributed by atoms with Crippen molar-refractivity contribution in [2.45, 2.75) is 13.0 Å². The molecule has 9 heteroatoms. The highest BCUT2D eigenvalue weighted by atomic mass is 16.6. The topological polar surface area (TPSA) is 126 Å². The molecular weight excluding hydrogens is 252 g/mol. The van der Waals surface area contributed by atoms with Gasteiger partial charge in [0.15, 0.2) is 0 Å². The molecule has 1 unspecified atom stereocenters. The fourth-order valence-electron chi connectivity index (χ4n) is 1.92. The summed E-state index contributed by atoms with van der Waals surface area (Å²) in [5.41, 5.74) is 2.16. The van der Waals surface area contributed by atoms with Crippen molar-refractivity contribution in [2.24, 2.45) is 5.84 Å². The Morgan fingerprint density at radius 3 is 3.00 bits per heavy atom. The van der Waals surface area contributed by atoms with Crippen molar-refractivity contribution < 1.29 is 9.72 Å². The molecule has 0 spiro atoms. The Bertz CT molecular complexity index is 520. The zero-order chi connectivity index (χ0) is 14.0. The van der Waals surface area contributed by atoms with Crippen LogP contribution in [0, 0.1) is 10.1 Å². The van der Waals surface area contributed by atoms with Crippen molar-refractivity contribution in [3.63, 3.8) is 0 Å². The molecule has 2 heterocycles. The van der Waals surface area contributed by atoms with E-state index < -0.39 is 11.0 Å². The summed E-state index contributed by atoms with van der Waals surface area (Å²) in [5.74, 6) is 5.64. The number of nitrogens with one attached hydrogen (secondary N) is 2. The summed E-state index contributed by atoms with van der Waals surface area (Å²) in [5, 5.41) is 13.6. The molecule has 4 N–H and O–H groups in total. The van der Waals surface area contributed by atoms with Crippen molar-refractivity contribution in [1.29, 1.82) is 0 Å². The van der Waals surface area contributed by atoms with E-state index in [2.05, 4.69) is 15.7 Å².